The van der Waals surface area contributed by atoms with Crippen molar-refractivity contribution < 1.29 is 19.6 Å². The number of rotatable bonds is 6. The third-order valence-corrected chi connectivity index (χ3v) is 2.32. The molecule has 0 saturated heterocycles. The van der Waals surface area contributed by atoms with Crippen molar-refractivity contribution in [2.24, 2.45) is 0 Å². The Morgan fingerprint density at radius 3 is 2.80 bits per heavy atom. The lowest BCUT2D eigenvalue weighted by Gasteiger charge is -2.14. The molecule has 2 N–H and O–H groups in total. The fourth-order valence-electron chi connectivity index (χ4n) is 1.36. The van der Waals surface area contributed by atoms with E-state index in [0.29, 0.717) is 5.06 Å². The Balaban J connectivity index is 3.08. The molecule has 1 aromatic rings. The Morgan fingerprint density at radius 1 is 1.50 bits per heavy atom. The van der Waals surface area contributed by atoms with E-state index in [0.717, 1.165) is 6.08 Å². The second-order valence-corrected chi connectivity index (χ2v) is 3.66. The van der Waals surface area contributed by atoms with Crippen LogP contribution in [0.5, 0.6) is 0 Å². The molecule has 20 heavy (non-hydrogen) atoms. The van der Waals surface area contributed by atoms with Gasteiger partial charge in [0.2, 0.25) is 12.2 Å². The molecule has 0 aliphatic heterocycles. The quantitative estimate of drug-likeness (QED) is 0.430. The normalized spacial score (nSPS) is 10.8. The van der Waals surface area contributed by atoms with E-state index in [1.807, 2.05) is 0 Å². The van der Waals surface area contributed by atoms with E-state index < -0.39 is 11.8 Å². The minimum atomic E-state index is -0.753. The van der Waals surface area contributed by atoms with Crippen molar-refractivity contribution in [2.75, 3.05) is 13.1 Å². The summed E-state index contributed by atoms with van der Waals surface area (Å²) in [5, 5.41) is 12.2. The average molecular weight is 276 g/mol. The number of carbonyl (C=O) groups is 2. The highest BCUT2D eigenvalue weighted by Crippen LogP contribution is 2.13. The summed E-state index contributed by atoms with van der Waals surface area (Å²) < 4.78 is 0. The van der Waals surface area contributed by atoms with Gasteiger partial charge >= 0.3 is 0 Å². The standard InChI is InChI=1S/C13H14N3O4/c1-2-16(20)13(19)10(9-12(18)15-7-8-17)11-5-3-4-6-14-11/h3-6,9,20H,2,7H2,1H3,(H,15,18). The summed E-state index contributed by atoms with van der Waals surface area (Å²) in [6, 6.07) is 4.84. The molecule has 0 spiro atoms. The van der Waals surface area contributed by atoms with E-state index in [1.54, 1.807) is 19.1 Å². The molecular weight excluding hydrogens is 262 g/mol. The van der Waals surface area contributed by atoms with Crippen LogP contribution in [-0.2, 0) is 14.4 Å². The van der Waals surface area contributed by atoms with E-state index in [1.165, 1.54) is 18.5 Å². The molecule has 0 bridgehead atoms. The summed E-state index contributed by atoms with van der Waals surface area (Å²) in [6.45, 7) is 1.36. The van der Waals surface area contributed by atoms with Gasteiger partial charge in [-0.1, -0.05) is 6.07 Å². The number of pyridine rings is 1. The predicted molar refractivity (Wildman–Crippen MR) is 70.1 cm³/mol. The highest BCUT2D eigenvalue weighted by atomic mass is 16.5. The van der Waals surface area contributed by atoms with Gasteiger partial charge in [-0.2, -0.15) is 0 Å². The molecule has 7 nitrogen and oxygen atoms in total. The van der Waals surface area contributed by atoms with E-state index in [2.05, 4.69) is 10.3 Å². The zero-order valence-electron chi connectivity index (χ0n) is 10.9. The minimum Gasteiger partial charge on any atom is -0.345 e. The molecule has 105 valence electrons. The third kappa shape index (κ3) is 4.29. The van der Waals surface area contributed by atoms with Gasteiger partial charge in [0, 0.05) is 18.8 Å². The van der Waals surface area contributed by atoms with Crippen LogP contribution >= 0.6 is 0 Å². The van der Waals surface area contributed by atoms with Crippen LogP contribution in [0.15, 0.2) is 30.5 Å². The second kappa shape index (κ2) is 7.80. The SMILES string of the molecule is CCN(O)C(=O)C(=CC(=O)NC[C]=O)c1ccccn1. The Labute approximate surface area is 115 Å². The minimum absolute atomic E-state index is 0.0622. The van der Waals surface area contributed by atoms with Crippen LogP contribution in [0.4, 0.5) is 0 Å². The Bertz CT molecular complexity index is 514. The number of amides is 2. The molecule has 1 radical (unpaired) electrons. The van der Waals surface area contributed by atoms with Crippen LogP contribution in [0.2, 0.25) is 0 Å². The van der Waals surface area contributed by atoms with Crippen molar-refractivity contribution in [1.82, 2.24) is 15.4 Å². The van der Waals surface area contributed by atoms with Gasteiger partial charge in [0.25, 0.3) is 5.91 Å². The summed E-state index contributed by atoms with van der Waals surface area (Å²) in [7, 11) is 0. The highest BCUT2D eigenvalue weighted by Gasteiger charge is 2.19. The van der Waals surface area contributed by atoms with E-state index >= 15 is 0 Å². The molecule has 1 rings (SSSR count). The van der Waals surface area contributed by atoms with E-state index in [4.69, 9.17) is 0 Å². The third-order valence-electron chi connectivity index (χ3n) is 2.32. The maximum absolute atomic E-state index is 12.0. The van der Waals surface area contributed by atoms with Crippen molar-refractivity contribution in [2.45, 2.75) is 6.92 Å². The Morgan fingerprint density at radius 2 is 2.25 bits per heavy atom. The number of aromatic nitrogens is 1. The molecule has 0 aromatic carbocycles. The van der Waals surface area contributed by atoms with Crippen molar-refractivity contribution in [3.63, 3.8) is 0 Å². The lowest BCUT2D eigenvalue weighted by Crippen LogP contribution is -2.30. The lowest BCUT2D eigenvalue weighted by molar-refractivity contribution is -0.157. The maximum atomic E-state index is 12.0. The van der Waals surface area contributed by atoms with Crippen molar-refractivity contribution in [1.29, 1.82) is 0 Å². The second-order valence-electron chi connectivity index (χ2n) is 3.66. The number of carbonyl (C=O) groups excluding carboxylic acids is 3. The highest BCUT2D eigenvalue weighted by molar-refractivity contribution is 6.22. The molecule has 7 heteroatoms. The number of hydroxylamine groups is 2. The fraction of sp³-hybridized carbons (Fsp3) is 0.231. The number of hydrogen-bond acceptors (Lipinski definition) is 5. The van der Waals surface area contributed by atoms with E-state index in [9.17, 15) is 19.6 Å². The maximum Gasteiger partial charge on any atom is 0.279 e. The van der Waals surface area contributed by atoms with E-state index in [-0.39, 0.29) is 24.4 Å². The van der Waals surface area contributed by atoms with Gasteiger partial charge in [-0.25, -0.2) is 5.06 Å². The van der Waals surface area contributed by atoms with Crippen molar-refractivity contribution in [3.8, 4) is 0 Å². The number of nitrogens with one attached hydrogen (secondary N) is 1. The number of hydrogen-bond donors (Lipinski definition) is 2. The summed E-state index contributed by atoms with van der Waals surface area (Å²) in [6.07, 6.45) is 3.95. The Hall–Kier alpha value is -2.54. The smallest absolute Gasteiger partial charge is 0.279 e. The molecule has 0 unspecified atom stereocenters. The topological polar surface area (TPSA) is 99.6 Å². The molecule has 1 aromatic heterocycles. The zero-order chi connectivity index (χ0) is 15.0. The summed E-state index contributed by atoms with van der Waals surface area (Å²) in [5.41, 5.74) is 0.175. The van der Waals surface area contributed by atoms with Gasteiger partial charge in [0.05, 0.1) is 17.8 Å². The fourth-order valence-corrected chi connectivity index (χ4v) is 1.36. The largest absolute Gasteiger partial charge is 0.345 e. The van der Waals surface area contributed by atoms with Crippen LogP contribution in [0.1, 0.15) is 12.6 Å². The van der Waals surface area contributed by atoms with Crippen LogP contribution in [0.25, 0.3) is 5.57 Å². The number of likely N-dealkylation sites (N-methyl/N-ethyl adjacent to an activating group) is 1. The van der Waals surface area contributed by atoms with Gasteiger partial charge in [-0.3, -0.25) is 24.6 Å². The first-order chi connectivity index (χ1) is 9.60. The first-order valence-electron chi connectivity index (χ1n) is 5.86. The molecule has 0 atom stereocenters. The van der Waals surface area contributed by atoms with Crippen LogP contribution in [0, 0.1) is 0 Å². The molecule has 0 fully saturated rings. The Kier molecular flexibility index (Phi) is 6.05. The van der Waals surface area contributed by atoms with Crippen LogP contribution in [-0.4, -0.2) is 46.4 Å². The van der Waals surface area contributed by atoms with Gasteiger partial charge in [-0.15, -0.1) is 0 Å². The zero-order valence-corrected chi connectivity index (χ0v) is 10.9. The van der Waals surface area contributed by atoms with Crippen LogP contribution < -0.4 is 5.32 Å². The molecular formula is C13H14N3O4. The lowest BCUT2D eigenvalue weighted by atomic mass is 10.1. The average Bonchev–Trinajstić information content (AvgIpc) is 2.49. The molecule has 0 aliphatic rings. The first-order valence-corrected chi connectivity index (χ1v) is 5.86. The van der Waals surface area contributed by atoms with Gasteiger partial charge in [-0.05, 0) is 19.1 Å². The number of nitrogens with zero attached hydrogens (tertiary/aromatic N) is 2. The molecule has 2 amide bonds. The molecule has 0 saturated carbocycles. The van der Waals surface area contributed by atoms with Crippen molar-refractivity contribution >= 4 is 23.7 Å². The molecule has 1 heterocycles. The van der Waals surface area contributed by atoms with Gasteiger partial charge in [0.1, 0.15) is 0 Å². The van der Waals surface area contributed by atoms with Crippen molar-refractivity contribution in [3.05, 3.63) is 36.2 Å². The molecule has 0 aliphatic carbocycles. The summed E-state index contributed by atoms with van der Waals surface area (Å²) in [5.74, 6) is -1.40. The summed E-state index contributed by atoms with van der Waals surface area (Å²) >= 11 is 0. The van der Waals surface area contributed by atoms with Gasteiger partial charge < -0.3 is 5.32 Å². The summed E-state index contributed by atoms with van der Waals surface area (Å²) in [4.78, 5) is 37.6. The predicted octanol–water partition coefficient (Wildman–Crippen LogP) is -0.0714. The monoisotopic (exact) mass is 276 g/mol. The van der Waals surface area contributed by atoms with Gasteiger partial charge in [0.15, 0.2) is 0 Å². The first kappa shape index (κ1) is 15.5. The van der Waals surface area contributed by atoms with Crippen LogP contribution in [0.3, 0.4) is 0 Å².